The molecule has 0 amide bonds. The highest BCUT2D eigenvalue weighted by molar-refractivity contribution is 5.90. The number of carboxylic acid groups (broad SMARTS) is 1. The number of nitrogens with zero attached hydrogens (tertiary/aromatic N) is 1. The van der Waals surface area contributed by atoms with Crippen LogP contribution < -0.4 is 4.90 Å². The van der Waals surface area contributed by atoms with Crippen molar-refractivity contribution < 1.29 is 9.90 Å². The number of hydrogen-bond donors (Lipinski definition) is 1. The van der Waals surface area contributed by atoms with Crippen molar-refractivity contribution in [2.24, 2.45) is 0 Å². The number of para-hydroxylation sites is 2. The second-order valence-corrected chi connectivity index (χ2v) is 7.10. The number of benzene rings is 3. The van der Waals surface area contributed by atoms with E-state index < -0.39 is 11.5 Å². The summed E-state index contributed by atoms with van der Waals surface area (Å²) in [7, 11) is 0. The highest BCUT2D eigenvalue weighted by Gasteiger charge is 2.44. The molecule has 3 heteroatoms. The van der Waals surface area contributed by atoms with Gasteiger partial charge in [-0.1, -0.05) is 60.7 Å². The minimum absolute atomic E-state index is 0.781. The van der Waals surface area contributed by atoms with E-state index in [1.54, 1.807) is 6.92 Å². The molecule has 0 radical (unpaired) electrons. The van der Waals surface area contributed by atoms with E-state index in [-0.39, 0.29) is 0 Å². The Morgan fingerprint density at radius 3 is 1.56 bits per heavy atom. The van der Waals surface area contributed by atoms with Crippen LogP contribution in [0.3, 0.4) is 0 Å². The van der Waals surface area contributed by atoms with Crippen molar-refractivity contribution in [1.29, 1.82) is 0 Å². The van der Waals surface area contributed by atoms with Crippen molar-refractivity contribution >= 4 is 17.3 Å². The Kier molecular flexibility index (Phi) is 5.04. The van der Waals surface area contributed by atoms with Crippen LogP contribution in [0.5, 0.6) is 0 Å². The SMILES string of the molecule is Cc1ccccc1N(c1ccccc1C)C(C)(C(=O)O)c1ccccc1C. The molecule has 0 fully saturated rings. The fourth-order valence-corrected chi connectivity index (χ4v) is 3.69. The third-order valence-electron chi connectivity index (χ3n) is 5.25. The molecule has 0 aromatic heterocycles. The molecular weight excluding hydrogens is 334 g/mol. The lowest BCUT2D eigenvalue weighted by molar-refractivity contribution is -0.142. The lowest BCUT2D eigenvalue weighted by atomic mass is 9.85. The lowest BCUT2D eigenvalue weighted by Gasteiger charge is -2.42. The van der Waals surface area contributed by atoms with Gasteiger partial charge in [-0.3, -0.25) is 0 Å². The Balaban J connectivity index is 2.38. The van der Waals surface area contributed by atoms with Gasteiger partial charge in [-0.15, -0.1) is 0 Å². The normalized spacial score (nSPS) is 13.0. The first-order chi connectivity index (χ1) is 12.9. The average Bonchev–Trinajstić information content (AvgIpc) is 2.65. The van der Waals surface area contributed by atoms with Crippen molar-refractivity contribution in [1.82, 2.24) is 0 Å². The Bertz CT molecular complexity index is 934. The number of carboxylic acids is 1. The van der Waals surface area contributed by atoms with E-state index in [0.717, 1.165) is 33.6 Å². The van der Waals surface area contributed by atoms with Crippen LogP contribution in [0.1, 0.15) is 29.2 Å². The molecule has 0 saturated heterocycles. The van der Waals surface area contributed by atoms with Crippen LogP contribution in [-0.4, -0.2) is 11.1 Å². The monoisotopic (exact) mass is 359 g/mol. The van der Waals surface area contributed by atoms with Gasteiger partial charge in [-0.25, -0.2) is 4.79 Å². The van der Waals surface area contributed by atoms with Gasteiger partial charge in [0.15, 0.2) is 5.54 Å². The third kappa shape index (κ3) is 3.21. The molecule has 0 heterocycles. The van der Waals surface area contributed by atoms with Crippen LogP contribution >= 0.6 is 0 Å². The number of aryl methyl sites for hydroxylation is 3. The molecule has 1 atom stereocenters. The second-order valence-electron chi connectivity index (χ2n) is 7.10. The fourth-order valence-electron chi connectivity index (χ4n) is 3.69. The lowest BCUT2D eigenvalue weighted by Crippen LogP contribution is -2.48. The van der Waals surface area contributed by atoms with Crippen molar-refractivity contribution in [2.75, 3.05) is 4.90 Å². The third-order valence-corrected chi connectivity index (χ3v) is 5.25. The van der Waals surface area contributed by atoms with E-state index in [4.69, 9.17) is 0 Å². The van der Waals surface area contributed by atoms with E-state index in [2.05, 4.69) is 0 Å². The maximum Gasteiger partial charge on any atom is 0.334 e. The molecule has 0 aliphatic heterocycles. The van der Waals surface area contributed by atoms with Crippen LogP contribution in [0.4, 0.5) is 11.4 Å². The topological polar surface area (TPSA) is 40.5 Å². The zero-order chi connectivity index (χ0) is 19.6. The average molecular weight is 359 g/mol. The molecular formula is C24H25NO2. The summed E-state index contributed by atoms with van der Waals surface area (Å²) in [6.07, 6.45) is 0. The number of aliphatic carboxylic acids is 1. The first kappa shape index (κ1) is 18.7. The van der Waals surface area contributed by atoms with E-state index in [9.17, 15) is 9.90 Å². The molecule has 3 aromatic carbocycles. The molecule has 0 saturated carbocycles. The second kappa shape index (κ2) is 7.28. The summed E-state index contributed by atoms with van der Waals surface area (Å²) in [5.74, 6) is -0.886. The maximum absolute atomic E-state index is 12.7. The minimum Gasteiger partial charge on any atom is -0.479 e. The number of anilines is 2. The predicted molar refractivity (Wildman–Crippen MR) is 111 cm³/mol. The van der Waals surface area contributed by atoms with E-state index in [0.29, 0.717) is 0 Å². The largest absolute Gasteiger partial charge is 0.479 e. The molecule has 0 spiro atoms. The van der Waals surface area contributed by atoms with Crippen molar-refractivity contribution in [3.05, 3.63) is 95.1 Å². The number of hydrogen-bond acceptors (Lipinski definition) is 2. The zero-order valence-electron chi connectivity index (χ0n) is 16.2. The highest BCUT2D eigenvalue weighted by atomic mass is 16.4. The smallest absolute Gasteiger partial charge is 0.334 e. The van der Waals surface area contributed by atoms with Crippen LogP contribution in [0, 0.1) is 20.8 Å². The zero-order valence-corrected chi connectivity index (χ0v) is 16.2. The Labute approximate surface area is 160 Å². The van der Waals surface area contributed by atoms with E-state index in [1.165, 1.54) is 0 Å². The molecule has 3 aromatic rings. The van der Waals surface area contributed by atoms with Gasteiger partial charge in [0.25, 0.3) is 0 Å². The Morgan fingerprint density at radius 2 is 1.15 bits per heavy atom. The van der Waals surface area contributed by atoms with Crippen LogP contribution in [0.2, 0.25) is 0 Å². The standard InChI is InChI=1S/C24H25NO2/c1-17-11-5-8-14-20(17)24(4,23(26)27)25(21-15-9-6-12-18(21)2)22-16-10-7-13-19(22)3/h5-16H,1-4H3,(H,26,27). The summed E-state index contributed by atoms with van der Waals surface area (Å²) in [6.45, 7) is 7.78. The van der Waals surface area contributed by atoms with Gasteiger partial charge < -0.3 is 10.0 Å². The van der Waals surface area contributed by atoms with Gasteiger partial charge in [0, 0.05) is 11.4 Å². The van der Waals surface area contributed by atoms with Gasteiger partial charge in [0.2, 0.25) is 0 Å². The first-order valence-corrected chi connectivity index (χ1v) is 9.08. The summed E-state index contributed by atoms with van der Waals surface area (Å²) in [4.78, 5) is 14.7. The van der Waals surface area contributed by atoms with Crippen LogP contribution in [-0.2, 0) is 10.3 Å². The van der Waals surface area contributed by atoms with E-state index >= 15 is 0 Å². The van der Waals surface area contributed by atoms with Crippen LogP contribution in [0.25, 0.3) is 0 Å². The van der Waals surface area contributed by atoms with Crippen molar-refractivity contribution in [3.8, 4) is 0 Å². The molecule has 138 valence electrons. The van der Waals surface area contributed by atoms with Gasteiger partial charge in [-0.2, -0.15) is 0 Å². The quantitative estimate of drug-likeness (QED) is 0.630. The van der Waals surface area contributed by atoms with Gasteiger partial charge in [0.05, 0.1) is 0 Å². The Hall–Kier alpha value is -3.07. The summed E-state index contributed by atoms with van der Waals surface area (Å²) in [5.41, 5.74) is 4.31. The number of carbonyl (C=O) groups is 1. The summed E-state index contributed by atoms with van der Waals surface area (Å²) >= 11 is 0. The van der Waals surface area contributed by atoms with Crippen molar-refractivity contribution in [3.63, 3.8) is 0 Å². The number of rotatable bonds is 5. The molecule has 1 unspecified atom stereocenters. The molecule has 0 aliphatic rings. The highest BCUT2D eigenvalue weighted by Crippen LogP contribution is 2.43. The Morgan fingerprint density at radius 1 is 0.741 bits per heavy atom. The van der Waals surface area contributed by atoms with Gasteiger partial charge in [0.1, 0.15) is 0 Å². The van der Waals surface area contributed by atoms with Gasteiger partial charge in [-0.05, 0) is 62.1 Å². The molecule has 27 heavy (non-hydrogen) atoms. The molecule has 3 nitrogen and oxygen atoms in total. The van der Waals surface area contributed by atoms with Crippen LogP contribution in [0.15, 0.2) is 72.8 Å². The summed E-state index contributed by atoms with van der Waals surface area (Å²) in [6, 6.07) is 23.6. The predicted octanol–water partition coefficient (Wildman–Crippen LogP) is 5.75. The maximum atomic E-state index is 12.7. The molecule has 1 N–H and O–H groups in total. The molecule has 0 aliphatic carbocycles. The first-order valence-electron chi connectivity index (χ1n) is 9.08. The molecule has 3 rings (SSSR count). The fraction of sp³-hybridized carbons (Fsp3) is 0.208. The van der Waals surface area contributed by atoms with Crippen molar-refractivity contribution in [2.45, 2.75) is 33.2 Å². The minimum atomic E-state index is -1.26. The summed E-state index contributed by atoms with van der Waals surface area (Å²) in [5, 5.41) is 10.4. The van der Waals surface area contributed by atoms with E-state index in [1.807, 2.05) is 98.5 Å². The summed E-state index contributed by atoms with van der Waals surface area (Å²) < 4.78 is 0. The molecule has 0 bridgehead atoms. The van der Waals surface area contributed by atoms with Gasteiger partial charge >= 0.3 is 5.97 Å².